The molecule has 0 saturated carbocycles. The fourth-order valence-corrected chi connectivity index (χ4v) is 3.02. The molecule has 1 aromatic carbocycles. The van der Waals surface area contributed by atoms with Crippen molar-refractivity contribution < 1.29 is 18.6 Å². The van der Waals surface area contributed by atoms with Crippen molar-refractivity contribution in [1.29, 1.82) is 0 Å². The molecular formula is C10H5Cl5F2N2O2S2. The number of halogens is 7. The number of benzene rings is 1. The summed E-state index contributed by atoms with van der Waals surface area (Å²) in [6.07, 6.45) is 0. The maximum atomic E-state index is 14.0. The van der Waals surface area contributed by atoms with Gasteiger partial charge in [0.05, 0.1) is 16.4 Å². The van der Waals surface area contributed by atoms with Crippen LogP contribution in [-0.2, 0) is 0 Å². The second-order valence-corrected chi connectivity index (χ2v) is 9.23. The van der Waals surface area contributed by atoms with E-state index in [0.717, 1.165) is 18.2 Å². The number of amides is 2. The third-order valence-electron chi connectivity index (χ3n) is 2.07. The van der Waals surface area contributed by atoms with Crippen molar-refractivity contribution in [3.63, 3.8) is 0 Å². The van der Waals surface area contributed by atoms with Crippen LogP contribution >= 0.6 is 81.5 Å². The molecule has 0 saturated heterocycles. The molecule has 0 aliphatic carbocycles. The van der Waals surface area contributed by atoms with Gasteiger partial charge in [0, 0.05) is 0 Å². The molecule has 13 heteroatoms. The van der Waals surface area contributed by atoms with Crippen molar-refractivity contribution in [3.05, 3.63) is 23.2 Å². The third-order valence-corrected chi connectivity index (χ3v) is 4.54. The molecule has 0 aliphatic heterocycles. The lowest BCUT2D eigenvalue weighted by atomic mass is 10.2. The number of anilines is 2. The molecule has 4 nitrogen and oxygen atoms in total. The fraction of sp³-hybridized carbons (Fsp3) is 0.200. The van der Waals surface area contributed by atoms with Gasteiger partial charge in [-0.2, -0.15) is 0 Å². The summed E-state index contributed by atoms with van der Waals surface area (Å²) in [4.78, 5) is 23.0. The number of rotatable bonds is 4. The monoisotopic (exact) mass is 462 g/mol. The summed E-state index contributed by atoms with van der Waals surface area (Å²) in [5.41, 5.74) is -0.881. The first-order valence-electron chi connectivity index (χ1n) is 5.32. The maximum Gasteiger partial charge on any atom is 0.316 e. The van der Waals surface area contributed by atoms with E-state index >= 15 is 0 Å². The van der Waals surface area contributed by atoms with Gasteiger partial charge < -0.3 is 0 Å². The number of carbonyl (C=O) groups is 2. The Morgan fingerprint density at radius 2 is 1.43 bits per heavy atom. The number of hydrogen-bond acceptors (Lipinski definition) is 4. The molecule has 1 aromatic rings. The lowest BCUT2D eigenvalue weighted by molar-refractivity contribution is 0.254. The third kappa shape index (κ3) is 6.53. The molecule has 0 bridgehead atoms. The first kappa shape index (κ1) is 21.2. The first-order valence-corrected chi connectivity index (χ1v) is 9.20. The van der Waals surface area contributed by atoms with Crippen molar-refractivity contribution >= 4 is 103 Å². The molecule has 1 rings (SSSR count). The van der Waals surface area contributed by atoms with Crippen LogP contribution in [0.5, 0.6) is 0 Å². The molecule has 0 aliphatic rings. The highest BCUT2D eigenvalue weighted by Crippen LogP contribution is 2.35. The molecule has 0 radical (unpaired) electrons. The second-order valence-electron chi connectivity index (χ2n) is 3.49. The molecule has 0 atom stereocenters. The standard InChI is InChI=1S/C10H5Cl5F2N2O2S2/c11-5-2-1-4(18(16)9(20)22-7(12)13)3-6(5)19(17)10(21)23-8(14)15/h1-3,7-8H. The Morgan fingerprint density at radius 3 is 1.91 bits per heavy atom. The van der Waals surface area contributed by atoms with E-state index in [2.05, 4.69) is 0 Å². The lowest BCUT2D eigenvalue weighted by Crippen LogP contribution is -2.20. The van der Waals surface area contributed by atoms with Crippen LogP contribution in [0.15, 0.2) is 18.2 Å². The topological polar surface area (TPSA) is 40.6 Å². The van der Waals surface area contributed by atoms with E-state index in [9.17, 15) is 18.6 Å². The molecule has 23 heavy (non-hydrogen) atoms. The summed E-state index contributed by atoms with van der Waals surface area (Å²) >= 11 is 27.7. The average molecular weight is 465 g/mol. The number of carbonyl (C=O) groups excluding carboxylic acids is 2. The highest BCUT2D eigenvalue weighted by molar-refractivity contribution is 8.16. The Hall–Kier alpha value is 0.170. The zero-order chi connectivity index (χ0) is 17.7. The minimum atomic E-state index is -1.21. The van der Waals surface area contributed by atoms with Gasteiger partial charge >= 0.3 is 10.5 Å². The molecule has 2 amide bonds. The Kier molecular flexibility index (Phi) is 8.85. The van der Waals surface area contributed by atoms with Crippen molar-refractivity contribution in [3.8, 4) is 0 Å². The zero-order valence-electron chi connectivity index (χ0n) is 10.6. The van der Waals surface area contributed by atoms with Crippen LogP contribution in [0.4, 0.5) is 29.9 Å². The van der Waals surface area contributed by atoms with E-state index in [-0.39, 0.29) is 44.5 Å². The van der Waals surface area contributed by atoms with E-state index in [1.807, 2.05) is 0 Å². The van der Waals surface area contributed by atoms with Gasteiger partial charge in [0.2, 0.25) is 0 Å². The van der Waals surface area contributed by atoms with Crippen molar-refractivity contribution in [2.75, 3.05) is 10.2 Å². The van der Waals surface area contributed by atoms with E-state index in [4.69, 9.17) is 58.0 Å². The lowest BCUT2D eigenvalue weighted by Gasteiger charge is -2.17. The molecule has 0 unspecified atom stereocenters. The van der Waals surface area contributed by atoms with Crippen molar-refractivity contribution in [1.82, 2.24) is 0 Å². The van der Waals surface area contributed by atoms with E-state index in [1.54, 1.807) is 0 Å². The largest absolute Gasteiger partial charge is 0.316 e. The SMILES string of the molecule is O=C(SC(Cl)Cl)N(F)c1ccc(Cl)c(N(F)C(=O)SC(Cl)Cl)c1. The summed E-state index contributed by atoms with van der Waals surface area (Å²) in [6.45, 7) is 0. The number of hydrogen-bond donors (Lipinski definition) is 0. The van der Waals surface area contributed by atoms with Gasteiger partial charge in [0.1, 0.15) is 0 Å². The van der Waals surface area contributed by atoms with Crippen LogP contribution in [0, 0.1) is 0 Å². The van der Waals surface area contributed by atoms with Gasteiger partial charge in [0.15, 0.2) is 8.34 Å². The van der Waals surface area contributed by atoms with Crippen LogP contribution in [0.3, 0.4) is 0 Å². The minimum Gasteiger partial charge on any atom is -0.259 e. The van der Waals surface area contributed by atoms with Gasteiger partial charge in [-0.25, -0.2) is 0 Å². The quantitative estimate of drug-likeness (QED) is 0.357. The van der Waals surface area contributed by atoms with Crippen LogP contribution in [0.25, 0.3) is 0 Å². The smallest absolute Gasteiger partial charge is 0.259 e. The molecular weight excluding hydrogens is 460 g/mol. The van der Waals surface area contributed by atoms with E-state index in [1.165, 1.54) is 0 Å². The first-order chi connectivity index (χ1) is 10.6. The number of alkyl halides is 4. The molecule has 0 spiro atoms. The number of thioether (sulfide) groups is 2. The summed E-state index contributed by atoms with van der Waals surface area (Å²) in [5.74, 6) is 0. The van der Waals surface area contributed by atoms with Crippen LogP contribution in [0.2, 0.25) is 5.02 Å². The molecule has 0 N–H and O–H groups in total. The van der Waals surface area contributed by atoms with Gasteiger partial charge in [-0.15, -0.1) is 10.2 Å². The van der Waals surface area contributed by atoms with E-state index in [0.29, 0.717) is 0 Å². The highest BCUT2D eigenvalue weighted by Gasteiger charge is 2.25. The molecule has 128 valence electrons. The van der Waals surface area contributed by atoms with Crippen molar-refractivity contribution in [2.24, 2.45) is 0 Å². The predicted molar refractivity (Wildman–Crippen MR) is 95.6 cm³/mol. The van der Waals surface area contributed by atoms with Crippen LogP contribution in [0.1, 0.15) is 0 Å². The zero-order valence-corrected chi connectivity index (χ0v) is 16.0. The van der Waals surface area contributed by atoms with Crippen LogP contribution in [-0.4, -0.2) is 18.8 Å². The van der Waals surface area contributed by atoms with Crippen molar-refractivity contribution in [2.45, 2.75) is 8.34 Å². The highest BCUT2D eigenvalue weighted by atomic mass is 35.5. The molecule has 0 aromatic heterocycles. The van der Waals surface area contributed by atoms with Gasteiger partial charge in [-0.05, 0) is 41.7 Å². The van der Waals surface area contributed by atoms with Crippen LogP contribution < -0.4 is 10.2 Å². The Balaban J connectivity index is 3.03. The van der Waals surface area contributed by atoms with Gasteiger partial charge in [0.25, 0.3) is 0 Å². The van der Waals surface area contributed by atoms with Gasteiger partial charge in [-0.3, -0.25) is 9.59 Å². The summed E-state index contributed by atoms with van der Waals surface area (Å²) in [5, 5.41) is -3.20. The predicted octanol–water partition coefficient (Wildman–Crippen LogP) is 6.95. The second kappa shape index (κ2) is 9.60. The normalized spacial score (nSPS) is 11.0. The summed E-state index contributed by atoms with van der Waals surface area (Å²) in [6, 6.07) is 3.03. The fourth-order valence-electron chi connectivity index (χ4n) is 1.22. The Bertz CT molecular complexity index is 596. The maximum absolute atomic E-state index is 14.0. The molecule has 0 heterocycles. The average Bonchev–Trinajstić information content (AvgIpc) is 2.44. The minimum absolute atomic E-state index is 0.202. The summed E-state index contributed by atoms with van der Waals surface area (Å²) in [7, 11) is 0. The molecule has 0 fully saturated rings. The van der Waals surface area contributed by atoms with E-state index < -0.39 is 24.5 Å². The number of nitrogens with zero attached hydrogens (tertiary/aromatic N) is 2. The van der Waals surface area contributed by atoms with Gasteiger partial charge in [-0.1, -0.05) is 67.0 Å². The Labute approximate surface area is 163 Å². The Morgan fingerprint density at radius 1 is 0.957 bits per heavy atom. The summed E-state index contributed by atoms with van der Waals surface area (Å²) < 4.78 is 25.5.